The highest BCUT2D eigenvalue weighted by Crippen LogP contribution is 2.12. The van der Waals surface area contributed by atoms with Gasteiger partial charge < -0.3 is 0 Å². The second-order valence-electron chi connectivity index (χ2n) is 1.07. The lowest BCUT2D eigenvalue weighted by atomic mass is 10.9. The molecule has 0 N–H and O–H groups in total. The van der Waals surface area contributed by atoms with Gasteiger partial charge in [-0.2, -0.15) is 0 Å². The molecular weight excluding hydrogens is 132 g/mol. The van der Waals surface area contributed by atoms with E-state index in [0.717, 1.165) is 5.01 Å². The number of halogens is 1. The Morgan fingerprint density at radius 1 is 1.57 bits per heavy atom. The Bertz CT molecular complexity index is 145. The molecule has 1 aromatic heterocycles. The predicted octanol–water partition coefficient (Wildman–Crippen LogP) is 1.50. The second-order valence-corrected chi connectivity index (χ2v) is 2.84. The molecule has 0 radical (unpaired) electrons. The Kier molecular flexibility index (Phi) is 1.25. The number of hydrogen-bond donors (Lipinski definition) is 0. The quantitative estimate of drug-likeness (QED) is 0.538. The van der Waals surface area contributed by atoms with Crippen LogP contribution in [0.4, 0.5) is 0 Å². The summed E-state index contributed by atoms with van der Waals surface area (Å²) in [6.45, 7) is 1.86. The van der Waals surface area contributed by atoms with Crippen molar-refractivity contribution in [3.05, 3.63) is 9.47 Å². The van der Waals surface area contributed by atoms with Crippen molar-refractivity contribution in [2.24, 2.45) is 0 Å². The van der Waals surface area contributed by atoms with Gasteiger partial charge in [-0.3, -0.25) is 0 Å². The van der Waals surface area contributed by atoms with Gasteiger partial charge in [0.05, 0.1) is 0 Å². The second kappa shape index (κ2) is 1.76. The number of aryl methyl sites for hydroxylation is 1. The van der Waals surface area contributed by atoms with Crippen LogP contribution in [0, 0.1) is 6.92 Å². The molecule has 1 aromatic rings. The van der Waals surface area contributed by atoms with Crippen LogP contribution >= 0.6 is 22.9 Å². The lowest BCUT2D eigenvalue weighted by molar-refractivity contribution is 1.05. The highest BCUT2D eigenvalue weighted by Gasteiger charge is 1.90. The van der Waals surface area contributed by atoms with Crippen LogP contribution in [0.3, 0.4) is 0 Å². The molecule has 0 spiro atoms. The summed E-state index contributed by atoms with van der Waals surface area (Å²) in [7, 11) is 0. The van der Waals surface area contributed by atoms with E-state index in [2.05, 4.69) is 10.2 Å². The molecule has 0 aliphatic heterocycles. The van der Waals surface area contributed by atoms with E-state index in [-0.39, 0.29) is 0 Å². The van der Waals surface area contributed by atoms with Crippen LogP contribution in [-0.4, -0.2) is 10.2 Å². The Labute approximate surface area is 50.1 Å². The van der Waals surface area contributed by atoms with Crippen molar-refractivity contribution in [1.29, 1.82) is 0 Å². The highest BCUT2D eigenvalue weighted by molar-refractivity contribution is 7.15. The molecule has 0 saturated carbocycles. The number of hydrogen-bond acceptors (Lipinski definition) is 3. The summed E-state index contributed by atoms with van der Waals surface area (Å²) in [5.74, 6) is 0. The van der Waals surface area contributed by atoms with Gasteiger partial charge in [-0.05, 0) is 18.5 Å². The van der Waals surface area contributed by atoms with E-state index in [1.165, 1.54) is 11.3 Å². The molecule has 0 aliphatic carbocycles. The van der Waals surface area contributed by atoms with Crippen LogP contribution in [0.15, 0.2) is 0 Å². The average Bonchev–Trinajstić information content (AvgIpc) is 1.87. The van der Waals surface area contributed by atoms with E-state index in [1.807, 2.05) is 6.92 Å². The van der Waals surface area contributed by atoms with Crippen molar-refractivity contribution in [1.82, 2.24) is 10.2 Å². The first-order chi connectivity index (χ1) is 3.29. The van der Waals surface area contributed by atoms with Crippen LogP contribution in [0.2, 0.25) is 4.47 Å². The summed E-state index contributed by atoms with van der Waals surface area (Å²) in [6.07, 6.45) is 0. The molecule has 0 saturated heterocycles. The standard InChI is InChI=1S/C3H3ClN2S/c1-2-5-6-3(4)7-2/h1H3. The molecule has 7 heavy (non-hydrogen) atoms. The van der Waals surface area contributed by atoms with Crippen molar-refractivity contribution in [2.45, 2.75) is 6.92 Å². The summed E-state index contributed by atoms with van der Waals surface area (Å²) >= 11 is 6.79. The maximum absolute atomic E-state index is 5.41. The molecule has 1 rings (SSSR count). The third-order valence-corrected chi connectivity index (χ3v) is 1.44. The molecule has 1 heterocycles. The maximum Gasteiger partial charge on any atom is 0.207 e. The first-order valence-electron chi connectivity index (χ1n) is 1.74. The van der Waals surface area contributed by atoms with Gasteiger partial charge in [0, 0.05) is 0 Å². The van der Waals surface area contributed by atoms with Crippen molar-refractivity contribution in [2.75, 3.05) is 0 Å². The first kappa shape index (κ1) is 5.00. The van der Waals surface area contributed by atoms with Crippen LogP contribution in [0.25, 0.3) is 0 Å². The number of rotatable bonds is 0. The number of nitrogens with zero attached hydrogens (tertiary/aromatic N) is 2. The van der Waals surface area contributed by atoms with E-state index in [9.17, 15) is 0 Å². The zero-order chi connectivity index (χ0) is 5.28. The third kappa shape index (κ3) is 1.11. The van der Waals surface area contributed by atoms with Crippen LogP contribution in [-0.2, 0) is 0 Å². The SMILES string of the molecule is Cc1nnc(Cl)s1. The molecule has 0 unspecified atom stereocenters. The fourth-order valence-electron chi connectivity index (χ4n) is 0.272. The average molecular weight is 135 g/mol. The summed E-state index contributed by atoms with van der Waals surface area (Å²) in [6, 6.07) is 0. The molecule has 38 valence electrons. The van der Waals surface area contributed by atoms with Gasteiger partial charge in [0.1, 0.15) is 5.01 Å². The van der Waals surface area contributed by atoms with E-state index in [1.54, 1.807) is 0 Å². The lowest BCUT2D eigenvalue weighted by Crippen LogP contribution is -1.65. The molecule has 4 heteroatoms. The van der Waals surface area contributed by atoms with Gasteiger partial charge in [0.15, 0.2) is 0 Å². The van der Waals surface area contributed by atoms with E-state index >= 15 is 0 Å². The molecule has 0 aromatic carbocycles. The lowest BCUT2D eigenvalue weighted by Gasteiger charge is -1.63. The molecule has 0 atom stereocenters. The smallest absolute Gasteiger partial charge is 0.143 e. The van der Waals surface area contributed by atoms with Gasteiger partial charge in [-0.15, -0.1) is 10.2 Å². The minimum absolute atomic E-state index is 0.512. The molecular formula is C3H3ClN2S. The maximum atomic E-state index is 5.41. The van der Waals surface area contributed by atoms with Crippen molar-refractivity contribution < 1.29 is 0 Å². The topological polar surface area (TPSA) is 25.8 Å². The van der Waals surface area contributed by atoms with Gasteiger partial charge in [0.25, 0.3) is 0 Å². The Morgan fingerprint density at radius 3 is 2.43 bits per heavy atom. The zero-order valence-corrected chi connectivity index (χ0v) is 5.25. The molecule has 0 aliphatic rings. The minimum atomic E-state index is 0.512. The fourth-order valence-corrected chi connectivity index (χ4v) is 1.05. The Morgan fingerprint density at radius 2 is 2.29 bits per heavy atom. The highest BCUT2D eigenvalue weighted by atomic mass is 35.5. The van der Waals surface area contributed by atoms with E-state index in [4.69, 9.17) is 11.6 Å². The predicted molar refractivity (Wildman–Crippen MR) is 29.7 cm³/mol. The molecule has 0 amide bonds. The normalized spacial score (nSPS) is 9.43. The van der Waals surface area contributed by atoms with Crippen LogP contribution in [0.1, 0.15) is 5.01 Å². The van der Waals surface area contributed by atoms with Gasteiger partial charge >= 0.3 is 0 Å². The summed E-state index contributed by atoms with van der Waals surface area (Å²) in [4.78, 5) is 0. The van der Waals surface area contributed by atoms with E-state index < -0.39 is 0 Å². The fraction of sp³-hybridized carbons (Fsp3) is 0.333. The summed E-state index contributed by atoms with van der Waals surface area (Å²) in [5, 5.41) is 8.11. The molecule has 2 nitrogen and oxygen atoms in total. The van der Waals surface area contributed by atoms with Crippen molar-refractivity contribution >= 4 is 22.9 Å². The van der Waals surface area contributed by atoms with Crippen molar-refractivity contribution in [3.8, 4) is 0 Å². The zero-order valence-electron chi connectivity index (χ0n) is 3.68. The Hall–Kier alpha value is -0.150. The van der Waals surface area contributed by atoms with Gasteiger partial charge in [-0.1, -0.05) is 11.3 Å². The Balaban J connectivity index is 3.04. The molecule has 0 bridgehead atoms. The first-order valence-corrected chi connectivity index (χ1v) is 2.94. The number of aromatic nitrogens is 2. The van der Waals surface area contributed by atoms with E-state index in [0.29, 0.717) is 4.47 Å². The van der Waals surface area contributed by atoms with Crippen LogP contribution in [0.5, 0.6) is 0 Å². The molecule has 0 fully saturated rings. The van der Waals surface area contributed by atoms with Gasteiger partial charge in [0.2, 0.25) is 4.47 Å². The largest absolute Gasteiger partial charge is 0.207 e. The van der Waals surface area contributed by atoms with Gasteiger partial charge in [-0.25, -0.2) is 0 Å². The monoisotopic (exact) mass is 134 g/mol. The summed E-state index contributed by atoms with van der Waals surface area (Å²) in [5.41, 5.74) is 0. The van der Waals surface area contributed by atoms with Crippen LogP contribution < -0.4 is 0 Å². The minimum Gasteiger partial charge on any atom is -0.143 e. The third-order valence-electron chi connectivity index (χ3n) is 0.501. The summed E-state index contributed by atoms with van der Waals surface area (Å²) < 4.78 is 0.512. The van der Waals surface area contributed by atoms with Crippen molar-refractivity contribution in [3.63, 3.8) is 0 Å².